The second-order valence-electron chi connectivity index (χ2n) is 18.2. The Bertz CT molecular complexity index is 3590. The van der Waals surface area contributed by atoms with Crippen molar-refractivity contribution in [2.45, 2.75) is 13.8 Å². The number of anilines is 5. The maximum atomic E-state index is 14.9. The quantitative estimate of drug-likeness (QED) is 0.143. The number of ether oxygens (including phenoxy) is 2. The number of nitrogens with two attached hydrogens (primary N) is 1. The van der Waals surface area contributed by atoms with Crippen LogP contribution in [0.3, 0.4) is 0 Å². The van der Waals surface area contributed by atoms with Gasteiger partial charge in [-0.3, -0.25) is 9.97 Å². The Kier molecular flexibility index (Phi) is 15.6. The minimum absolute atomic E-state index is 0.285. The number of rotatable bonds is 8. The van der Waals surface area contributed by atoms with Gasteiger partial charge in [0.2, 0.25) is 0 Å². The van der Waals surface area contributed by atoms with E-state index >= 15 is 0 Å². The first kappa shape index (κ1) is 50.3. The molecule has 2 aliphatic rings. The Morgan fingerprint density at radius 2 is 1.00 bits per heavy atom. The van der Waals surface area contributed by atoms with Gasteiger partial charge in [-0.15, -0.1) is 0 Å². The van der Waals surface area contributed by atoms with Gasteiger partial charge in [-0.2, -0.15) is 0 Å². The van der Waals surface area contributed by atoms with Gasteiger partial charge in [0.15, 0.2) is 0 Å². The summed E-state index contributed by atoms with van der Waals surface area (Å²) in [4.78, 5) is 22.5. The summed E-state index contributed by atoms with van der Waals surface area (Å²) in [5, 5.41) is 6.26. The lowest BCUT2D eigenvalue weighted by molar-refractivity contribution is 0.122. The van der Waals surface area contributed by atoms with Crippen LogP contribution >= 0.6 is 11.6 Å². The molecule has 12 rings (SSSR count). The number of fused-ring (bicyclic) bond motifs is 2. The molecule has 0 amide bonds. The average Bonchev–Trinajstić information content (AvgIpc) is 3.46. The van der Waals surface area contributed by atoms with Gasteiger partial charge in [0.05, 0.1) is 82.3 Å². The van der Waals surface area contributed by atoms with Gasteiger partial charge in [0.1, 0.15) is 11.6 Å². The highest BCUT2D eigenvalue weighted by molar-refractivity contribution is 6.36. The van der Waals surface area contributed by atoms with Crippen LogP contribution in [0.1, 0.15) is 11.1 Å². The van der Waals surface area contributed by atoms with Crippen LogP contribution in [0.5, 0.6) is 0 Å². The lowest BCUT2D eigenvalue weighted by Gasteiger charge is -2.31. The van der Waals surface area contributed by atoms with E-state index in [-0.39, 0.29) is 11.6 Å². The summed E-state index contributed by atoms with van der Waals surface area (Å²) in [5.74, 6) is -0.573. The van der Waals surface area contributed by atoms with E-state index in [0.717, 1.165) is 123 Å². The zero-order valence-corrected chi connectivity index (χ0v) is 42.4. The molecule has 10 aromatic rings. The molecule has 0 radical (unpaired) electrons. The summed E-state index contributed by atoms with van der Waals surface area (Å²) in [6.07, 6.45) is 7.27. The third kappa shape index (κ3) is 11.3. The fourth-order valence-corrected chi connectivity index (χ4v) is 9.74. The number of hydrogen-bond donors (Lipinski definition) is 2. The summed E-state index contributed by atoms with van der Waals surface area (Å²) < 4.78 is 39.8. The third-order valence-corrected chi connectivity index (χ3v) is 13.9. The van der Waals surface area contributed by atoms with Crippen molar-refractivity contribution in [1.29, 1.82) is 0 Å². The maximum Gasteiger partial charge on any atom is 0.132 e. The minimum atomic E-state index is -0.288. The minimum Gasteiger partial charge on any atom is -0.397 e. The van der Waals surface area contributed by atoms with Gasteiger partial charge in [-0.05, 0) is 109 Å². The zero-order chi connectivity index (χ0) is 51.7. The molecule has 10 nitrogen and oxygen atoms in total. The number of aromatic nitrogens is 4. The number of benzene rings is 6. The molecule has 2 aliphatic heterocycles. The van der Waals surface area contributed by atoms with Crippen LogP contribution in [0.2, 0.25) is 5.02 Å². The van der Waals surface area contributed by atoms with Crippen molar-refractivity contribution in [3.8, 4) is 44.8 Å². The van der Waals surface area contributed by atoms with E-state index in [4.69, 9.17) is 31.8 Å². The summed E-state index contributed by atoms with van der Waals surface area (Å²) in [7, 11) is 0. The Morgan fingerprint density at radius 3 is 1.55 bits per heavy atom. The molecular formula is C62H55ClF2N8O2. The van der Waals surface area contributed by atoms with Crippen molar-refractivity contribution in [1.82, 2.24) is 19.9 Å². The topological polar surface area (TPSA) is 115 Å². The highest BCUT2D eigenvalue weighted by atomic mass is 35.5. The van der Waals surface area contributed by atoms with Gasteiger partial charge in [-0.1, -0.05) is 96.5 Å². The standard InChI is InChI=1S/C31H27FN4O.C16H11ClFN.C15H17N3O/c1-21-30(24-8-2-4-10-26(24)32)34-27-11-5-3-9-25(27)31(21)35-28-19-22(23-7-6-14-33-20-23)12-13-29(28)36-15-17-37-18-16-36;1-10-15(17)12-7-3-5-9-14(12)19-16(10)11-6-2-4-8-13(11)18;16-14-10-12(13-2-1-5-17-11-13)3-4-15(14)18-6-8-19-9-7-18/h2-14,19-20H,15-18H2,1H3,(H,34,35);2-9H,1H3;1-5,10-11H,6-9,16H2. The van der Waals surface area contributed by atoms with Crippen LogP contribution in [-0.4, -0.2) is 72.5 Å². The SMILES string of the molecule is Cc1c(-c2ccccc2F)nc2ccccc2c1Cl.Cc1c(-c2ccccc2F)nc2ccccc2c1Nc1cc(-c2cccnc2)ccc1N1CCOCC1.Nc1cc(-c2cccnc2)ccc1N1CCOCC1. The molecule has 2 saturated heterocycles. The van der Waals surface area contributed by atoms with Crippen molar-refractivity contribution >= 4 is 61.8 Å². The van der Waals surface area contributed by atoms with Crippen molar-refractivity contribution in [2.75, 3.05) is 73.5 Å². The van der Waals surface area contributed by atoms with Crippen molar-refractivity contribution in [3.05, 3.63) is 210 Å². The average molecular weight is 1020 g/mol. The van der Waals surface area contributed by atoms with Crippen molar-refractivity contribution < 1.29 is 18.3 Å². The predicted molar refractivity (Wildman–Crippen MR) is 302 cm³/mol. The van der Waals surface area contributed by atoms with Crippen molar-refractivity contribution in [2.24, 2.45) is 0 Å². The molecule has 0 bridgehead atoms. The Hall–Kier alpha value is -8.29. The van der Waals surface area contributed by atoms with E-state index in [1.807, 2.05) is 99.0 Å². The number of nitrogen functional groups attached to an aromatic ring is 1. The number of para-hydroxylation sites is 2. The third-order valence-electron chi connectivity index (χ3n) is 13.4. The van der Waals surface area contributed by atoms with E-state index in [9.17, 15) is 8.78 Å². The molecule has 3 N–H and O–H groups in total. The van der Waals surface area contributed by atoms with E-state index in [1.54, 1.807) is 42.7 Å². The highest BCUT2D eigenvalue weighted by Crippen LogP contribution is 2.40. The summed E-state index contributed by atoms with van der Waals surface area (Å²) in [6.45, 7) is 10.2. The summed E-state index contributed by atoms with van der Waals surface area (Å²) in [6, 6.07) is 49.6. The van der Waals surface area contributed by atoms with E-state index in [0.29, 0.717) is 40.8 Å². The van der Waals surface area contributed by atoms with Crippen LogP contribution in [0.4, 0.5) is 37.2 Å². The number of hydrogen-bond acceptors (Lipinski definition) is 10. The Balaban J connectivity index is 0.000000142. The number of nitrogens with one attached hydrogen (secondary N) is 1. The number of morpholine rings is 2. The van der Waals surface area contributed by atoms with Gasteiger partial charge in [0.25, 0.3) is 0 Å². The molecule has 0 spiro atoms. The van der Waals surface area contributed by atoms with Gasteiger partial charge < -0.3 is 30.3 Å². The molecule has 6 heterocycles. The fourth-order valence-electron chi connectivity index (χ4n) is 9.49. The second-order valence-corrected chi connectivity index (χ2v) is 18.5. The molecule has 0 aliphatic carbocycles. The smallest absolute Gasteiger partial charge is 0.132 e. The van der Waals surface area contributed by atoms with Crippen LogP contribution in [0, 0.1) is 25.5 Å². The second kappa shape index (κ2) is 23.3. The largest absolute Gasteiger partial charge is 0.397 e. The Morgan fingerprint density at radius 1 is 0.520 bits per heavy atom. The first-order chi connectivity index (χ1) is 36.7. The van der Waals surface area contributed by atoms with E-state index in [1.165, 1.54) is 12.1 Å². The van der Waals surface area contributed by atoms with Gasteiger partial charge >= 0.3 is 0 Å². The molecule has 2 fully saturated rings. The van der Waals surface area contributed by atoms with Crippen LogP contribution in [0.15, 0.2) is 183 Å². The van der Waals surface area contributed by atoms with Gasteiger partial charge in [0, 0.05) is 84.0 Å². The maximum absolute atomic E-state index is 14.9. The molecule has 13 heteroatoms. The Labute approximate surface area is 440 Å². The number of halogens is 3. The highest BCUT2D eigenvalue weighted by Gasteiger charge is 2.21. The van der Waals surface area contributed by atoms with Crippen LogP contribution < -0.4 is 20.9 Å². The molecule has 75 heavy (non-hydrogen) atoms. The molecule has 0 unspecified atom stereocenters. The summed E-state index contributed by atoms with van der Waals surface area (Å²) >= 11 is 6.37. The molecule has 6 aromatic carbocycles. The lowest BCUT2D eigenvalue weighted by atomic mass is 10.0. The predicted octanol–water partition coefficient (Wildman–Crippen LogP) is 14.2. The molecule has 4 aromatic heterocycles. The van der Waals surface area contributed by atoms with Crippen molar-refractivity contribution in [3.63, 3.8) is 0 Å². The van der Waals surface area contributed by atoms with Crippen LogP contribution in [-0.2, 0) is 9.47 Å². The number of pyridine rings is 4. The lowest BCUT2D eigenvalue weighted by Crippen LogP contribution is -2.36. The zero-order valence-electron chi connectivity index (χ0n) is 41.7. The molecule has 376 valence electrons. The molecule has 0 atom stereocenters. The fraction of sp³-hybridized carbons (Fsp3) is 0.161. The van der Waals surface area contributed by atoms with Crippen LogP contribution in [0.25, 0.3) is 66.6 Å². The number of nitrogens with zero attached hydrogens (tertiary/aromatic N) is 6. The first-order valence-electron chi connectivity index (χ1n) is 24.9. The monoisotopic (exact) mass is 1020 g/mol. The van der Waals surface area contributed by atoms with E-state index in [2.05, 4.69) is 72.5 Å². The van der Waals surface area contributed by atoms with E-state index < -0.39 is 0 Å². The molecule has 0 saturated carbocycles. The first-order valence-corrected chi connectivity index (χ1v) is 25.3. The van der Waals surface area contributed by atoms with Gasteiger partial charge in [-0.25, -0.2) is 18.7 Å². The normalized spacial score (nSPS) is 13.4. The summed E-state index contributed by atoms with van der Waals surface area (Å²) in [5.41, 5.74) is 20.9. The molecular weight excluding hydrogens is 962 g/mol.